The van der Waals surface area contributed by atoms with Crippen LogP contribution >= 0.6 is 23.1 Å². The Morgan fingerprint density at radius 2 is 2.15 bits per heavy atom. The lowest BCUT2D eigenvalue weighted by atomic mass is 10.2. The number of nitrogens with zero attached hydrogens (tertiary/aromatic N) is 3. The Morgan fingerprint density at radius 3 is 2.89 bits per heavy atom. The molecule has 1 N–H and O–H groups in total. The summed E-state index contributed by atoms with van der Waals surface area (Å²) in [6.45, 7) is 3.99. The van der Waals surface area contributed by atoms with Gasteiger partial charge in [-0.05, 0) is 25.5 Å². The van der Waals surface area contributed by atoms with Crippen molar-refractivity contribution in [2.24, 2.45) is 0 Å². The van der Waals surface area contributed by atoms with Gasteiger partial charge in [-0.25, -0.2) is 4.98 Å². The van der Waals surface area contributed by atoms with Gasteiger partial charge < -0.3 is 10.2 Å². The van der Waals surface area contributed by atoms with E-state index < -0.39 is 0 Å². The Bertz CT molecular complexity index is 781. The van der Waals surface area contributed by atoms with Crippen LogP contribution in [0.3, 0.4) is 0 Å². The van der Waals surface area contributed by atoms with E-state index in [9.17, 15) is 9.59 Å². The maximum absolute atomic E-state index is 12.7. The zero-order valence-electron chi connectivity index (χ0n) is 15.6. The third kappa shape index (κ3) is 4.87. The summed E-state index contributed by atoms with van der Waals surface area (Å²) in [5.41, 5.74) is 1.89. The molecular formula is C19H24N4O2S2. The minimum Gasteiger partial charge on any atom is -0.345 e. The van der Waals surface area contributed by atoms with Gasteiger partial charge in [0.1, 0.15) is 11.0 Å². The normalized spacial score (nSPS) is 17.7. The van der Waals surface area contributed by atoms with Crippen molar-refractivity contribution < 1.29 is 9.59 Å². The Balaban J connectivity index is 1.62. The lowest BCUT2D eigenvalue weighted by Gasteiger charge is -2.24. The molecule has 8 heteroatoms. The van der Waals surface area contributed by atoms with Crippen molar-refractivity contribution >= 4 is 34.9 Å². The number of amides is 2. The molecule has 2 amide bonds. The number of carbonyl (C=O) groups is 2. The number of rotatable bonds is 7. The molecule has 0 aromatic carbocycles. The Hall–Kier alpha value is -1.93. The van der Waals surface area contributed by atoms with Crippen molar-refractivity contribution in [1.29, 1.82) is 0 Å². The van der Waals surface area contributed by atoms with Gasteiger partial charge in [-0.15, -0.1) is 23.1 Å². The van der Waals surface area contributed by atoms with Gasteiger partial charge in [-0.2, -0.15) is 0 Å². The number of pyridine rings is 1. The van der Waals surface area contributed by atoms with Gasteiger partial charge in [0.05, 0.1) is 17.6 Å². The number of nitrogens with one attached hydrogen (secondary N) is 1. The van der Waals surface area contributed by atoms with Crippen LogP contribution in [-0.4, -0.2) is 44.4 Å². The quantitative estimate of drug-likeness (QED) is 0.765. The molecular weight excluding hydrogens is 380 g/mol. The highest BCUT2D eigenvalue weighted by Gasteiger charge is 2.34. The van der Waals surface area contributed by atoms with E-state index in [-0.39, 0.29) is 23.9 Å². The van der Waals surface area contributed by atoms with Crippen LogP contribution in [0.15, 0.2) is 29.9 Å². The molecule has 2 unspecified atom stereocenters. The van der Waals surface area contributed by atoms with E-state index in [0.717, 1.165) is 29.1 Å². The van der Waals surface area contributed by atoms with Crippen LogP contribution in [0.25, 0.3) is 11.3 Å². The van der Waals surface area contributed by atoms with Gasteiger partial charge in [-0.3, -0.25) is 14.6 Å². The molecule has 3 rings (SSSR count). The summed E-state index contributed by atoms with van der Waals surface area (Å²) in [5.74, 6) is 1.22. The summed E-state index contributed by atoms with van der Waals surface area (Å²) in [5, 5.41) is 5.87. The summed E-state index contributed by atoms with van der Waals surface area (Å²) >= 11 is 3.15. The molecule has 3 heterocycles. The molecule has 1 fully saturated rings. The molecule has 0 aliphatic carbocycles. The maximum atomic E-state index is 12.7. The average molecular weight is 405 g/mol. The van der Waals surface area contributed by atoms with Gasteiger partial charge in [-0.1, -0.05) is 13.3 Å². The van der Waals surface area contributed by atoms with Crippen molar-refractivity contribution in [1.82, 2.24) is 20.2 Å². The standard InChI is InChI=1S/C19H24N4O2S2/c1-3-4-5-17(24)23-12-26-11-16(23)18(25)21-13(2)19-22-15(10-27-19)14-6-8-20-9-7-14/h6-10,13,16H,3-5,11-12H2,1-2H3,(H,21,25). The first-order chi connectivity index (χ1) is 13.1. The molecule has 1 aliphatic rings. The van der Waals surface area contributed by atoms with Gasteiger partial charge in [0.15, 0.2) is 0 Å². The predicted octanol–water partition coefficient (Wildman–Crippen LogP) is 3.47. The highest BCUT2D eigenvalue weighted by Crippen LogP contribution is 2.26. The topological polar surface area (TPSA) is 75.2 Å². The van der Waals surface area contributed by atoms with Crippen LogP contribution in [0.4, 0.5) is 0 Å². The predicted molar refractivity (Wildman–Crippen MR) is 109 cm³/mol. The molecule has 6 nitrogen and oxygen atoms in total. The van der Waals surface area contributed by atoms with Gasteiger partial charge >= 0.3 is 0 Å². The van der Waals surface area contributed by atoms with Crippen LogP contribution in [-0.2, 0) is 9.59 Å². The molecule has 0 bridgehead atoms. The number of hydrogen-bond acceptors (Lipinski definition) is 6. The van der Waals surface area contributed by atoms with E-state index in [1.54, 1.807) is 29.1 Å². The second kappa shape index (κ2) is 9.32. The van der Waals surface area contributed by atoms with E-state index in [1.807, 2.05) is 24.4 Å². The summed E-state index contributed by atoms with van der Waals surface area (Å²) < 4.78 is 0. The molecule has 1 saturated heterocycles. The molecule has 2 aromatic rings. The summed E-state index contributed by atoms with van der Waals surface area (Å²) in [4.78, 5) is 35.5. The van der Waals surface area contributed by atoms with Gasteiger partial charge in [0, 0.05) is 35.5 Å². The lowest BCUT2D eigenvalue weighted by Crippen LogP contribution is -2.47. The first-order valence-corrected chi connectivity index (χ1v) is 11.2. The first-order valence-electron chi connectivity index (χ1n) is 9.13. The van der Waals surface area contributed by atoms with E-state index in [1.165, 1.54) is 11.3 Å². The third-order valence-corrected chi connectivity index (χ3v) is 6.52. The minimum atomic E-state index is -0.388. The molecule has 2 atom stereocenters. The summed E-state index contributed by atoms with van der Waals surface area (Å²) in [6.07, 6.45) is 5.83. The Labute approximate surface area is 167 Å². The molecule has 0 spiro atoms. The van der Waals surface area contributed by atoms with Crippen molar-refractivity contribution in [2.75, 3.05) is 11.6 Å². The second-order valence-electron chi connectivity index (χ2n) is 6.52. The van der Waals surface area contributed by atoms with E-state index in [2.05, 4.69) is 22.2 Å². The zero-order chi connectivity index (χ0) is 19.2. The average Bonchev–Trinajstić information content (AvgIpc) is 3.36. The number of thiazole rings is 1. The summed E-state index contributed by atoms with van der Waals surface area (Å²) in [6, 6.07) is 3.24. The fourth-order valence-electron chi connectivity index (χ4n) is 2.89. The number of carbonyl (C=O) groups excluding carboxylic acids is 2. The van der Waals surface area contributed by atoms with Crippen LogP contribution in [0.1, 0.15) is 44.2 Å². The van der Waals surface area contributed by atoms with Crippen LogP contribution in [0, 0.1) is 0 Å². The van der Waals surface area contributed by atoms with Gasteiger partial charge in [0.25, 0.3) is 0 Å². The third-order valence-electron chi connectivity index (χ3n) is 4.48. The molecule has 27 heavy (non-hydrogen) atoms. The Kier molecular flexibility index (Phi) is 6.84. The van der Waals surface area contributed by atoms with Crippen molar-refractivity contribution in [3.8, 4) is 11.3 Å². The number of thioether (sulfide) groups is 1. The fraction of sp³-hybridized carbons (Fsp3) is 0.474. The SMILES string of the molecule is CCCCC(=O)N1CSCC1C(=O)NC(C)c1nc(-c2ccncc2)cs1. The maximum Gasteiger partial charge on any atom is 0.244 e. The largest absolute Gasteiger partial charge is 0.345 e. The highest BCUT2D eigenvalue weighted by atomic mass is 32.2. The number of unbranched alkanes of at least 4 members (excludes halogenated alkanes) is 1. The highest BCUT2D eigenvalue weighted by molar-refractivity contribution is 7.99. The first kappa shape index (κ1) is 19.8. The molecule has 0 radical (unpaired) electrons. The van der Waals surface area contributed by atoms with Crippen molar-refractivity contribution in [3.63, 3.8) is 0 Å². The number of hydrogen-bond donors (Lipinski definition) is 1. The zero-order valence-corrected chi connectivity index (χ0v) is 17.2. The molecule has 144 valence electrons. The second-order valence-corrected chi connectivity index (χ2v) is 8.41. The van der Waals surface area contributed by atoms with Crippen LogP contribution in [0.2, 0.25) is 0 Å². The van der Waals surface area contributed by atoms with E-state index in [0.29, 0.717) is 18.1 Å². The fourth-order valence-corrected chi connectivity index (χ4v) is 4.91. The van der Waals surface area contributed by atoms with Crippen LogP contribution in [0.5, 0.6) is 0 Å². The van der Waals surface area contributed by atoms with E-state index >= 15 is 0 Å². The van der Waals surface area contributed by atoms with Gasteiger partial charge in [0.2, 0.25) is 11.8 Å². The monoisotopic (exact) mass is 404 g/mol. The Morgan fingerprint density at radius 1 is 1.37 bits per heavy atom. The van der Waals surface area contributed by atoms with E-state index in [4.69, 9.17) is 0 Å². The lowest BCUT2D eigenvalue weighted by molar-refractivity contribution is -0.138. The smallest absolute Gasteiger partial charge is 0.244 e. The molecule has 1 aliphatic heterocycles. The van der Waals surface area contributed by atoms with Crippen molar-refractivity contribution in [2.45, 2.75) is 45.2 Å². The molecule has 0 saturated carbocycles. The van der Waals surface area contributed by atoms with Crippen molar-refractivity contribution in [3.05, 3.63) is 34.9 Å². The number of aromatic nitrogens is 2. The minimum absolute atomic E-state index is 0.0730. The summed E-state index contributed by atoms with van der Waals surface area (Å²) in [7, 11) is 0. The molecule has 2 aromatic heterocycles. The van der Waals surface area contributed by atoms with Crippen LogP contribution < -0.4 is 5.32 Å².